The van der Waals surface area contributed by atoms with Crippen LogP contribution in [-0.4, -0.2) is 64.2 Å². The number of halogens is 3. The average Bonchev–Trinajstić information content (AvgIpc) is 3.20. The summed E-state index contributed by atoms with van der Waals surface area (Å²) in [5, 5.41) is 8.75. The lowest BCUT2D eigenvalue weighted by Gasteiger charge is -2.35. The molecule has 204 valence electrons. The van der Waals surface area contributed by atoms with Crippen LogP contribution < -0.4 is 20.7 Å². The minimum atomic E-state index is -4.32. The maximum atomic E-state index is 13.6. The van der Waals surface area contributed by atoms with E-state index in [0.717, 1.165) is 41.3 Å². The normalized spacial score (nSPS) is 18.3. The van der Waals surface area contributed by atoms with Gasteiger partial charge in [0, 0.05) is 12.6 Å². The number of benzene rings is 2. The molecule has 1 aliphatic rings. The number of alkyl halides is 3. The van der Waals surface area contributed by atoms with Crippen LogP contribution in [0.4, 0.5) is 24.5 Å². The second-order valence-electron chi connectivity index (χ2n) is 10.1. The van der Waals surface area contributed by atoms with Crippen molar-refractivity contribution in [2.24, 2.45) is 5.92 Å². The van der Waals surface area contributed by atoms with Gasteiger partial charge in [0.25, 0.3) is 0 Å². The first-order valence-corrected chi connectivity index (χ1v) is 15.7. The number of thiophene rings is 1. The van der Waals surface area contributed by atoms with Gasteiger partial charge in [-0.1, -0.05) is 44.9 Å². The fourth-order valence-corrected chi connectivity index (χ4v) is 6.82. The third-order valence-electron chi connectivity index (χ3n) is 6.92. The summed E-state index contributed by atoms with van der Waals surface area (Å²) < 4.78 is 47.1. The molecule has 1 fully saturated rings. The number of piperidine rings is 1. The molecule has 2 heterocycles. The van der Waals surface area contributed by atoms with Crippen molar-refractivity contribution in [3.63, 3.8) is 0 Å². The van der Waals surface area contributed by atoms with Gasteiger partial charge in [0.2, 0.25) is 0 Å². The fraction of sp³-hybridized carbons (Fsp3) is 0.448. The molecule has 2 aromatic carbocycles. The molecule has 0 aliphatic carbocycles. The summed E-state index contributed by atoms with van der Waals surface area (Å²) in [5.74, 6) is 7.26. The fourth-order valence-electron chi connectivity index (χ4n) is 4.90. The molecule has 38 heavy (non-hydrogen) atoms. The number of nitrogens with one attached hydrogen (secondary N) is 2. The standard InChI is InChI=1S/C29H35F3N3OPS/c1-19-18-35(2)15-13-23(19)34-25-9-6-8-21-22(17-29(30,31)32)27(38-28(21)25)10-7-14-33-24-12-11-20(37(4)5)16-26(24)36-3/h6,8-9,11-12,16,19,23,33-34H,13-15,17-18H2,1-5H3/t19-,23+/m0/s1. The van der Waals surface area contributed by atoms with E-state index >= 15 is 0 Å². The first-order chi connectivity index (χ1) is 18.1. The number of methoxy groups -OCH3 is 1. The Kier molecular flexibility index (Phi) is 9.13. The largest absolute Gasteiger partial charge is 0.495 e. The maximum Gasteiger partial charge on any atom is 0.393 e. The summed E-state index contributed by atoms with van der Waals surface area (Å²) in [6.45, 7) is 8.86. The molecule has 0 radical (unpaired) electrons. The van der Waals surface area contributed by atoms with Gasteiger partial charge in [0.05, 0.1) is 41.0 Å². The van der Waals surface area contributed by atoms with E-state index in [1.807, 2.05) is 24.3 Å². The number of ether oxygens (including phenoxy) is 1. The van der Waals surface area contributed by atoms with Crippen molar-refractivity contribution in [2.45, 2.75) is 32.0 Å². The highest BCUT2D eigenvalue weighted by Gasteiger charge is 2.31. The second kappa shape index (κ2) is 12.2. The summed E-state index contributed by atoms with van der Waals surface area (Å²) in [4.78, 5) is 2.78. The summed E-state index contributed by atoms with van der Waals surface area (Å²) in [6.07, 6.45) is -4.32. The summed E-state index contributed by atoms with van der Waals surface area (Å²) >= 11 is 1.34. The first kappa shape index (κ1) is 28.5. The zero-order chi connectivity index (χ0) is 27.4. The van der Waals surface area contributed by atoms with Crippen molar-refractivity contribution >= 4 is 46.0 Å². The van der Waals surface area contributed by atoms with Crippen LogP contribution in [0.25, 0.3) is 10.1 Å². The first-order valence-electron chi connectivity index (χ1n) is 12.7. The second-order valence-corrected chi connectivity index (χ2v) is 13.4. The van der Waals surface area contributed by atoms with Gasteiger partial charge in [0.15, 0.2) is 0 Å². The number of anilines is 2. The number of hydrogen-bond donors (Lipinski definition) is 2. The Morgan fingerprint density at radius 2 is 1.97 bits per heavy atom. The monoisotopic (exact) mass is 561 g/mol. The Bertz CT molecular complexity index is 1330. The van der Waals surface area contributed by atoms with Gasteiger partial charge in [-0.05, 0) is 73.7 Å². The van der Waals surface area contributed by atoms with Crippen molar-refractivity contribution in [3.05, 3.63) is 46.8 Å². The van der Waals surface area contributed by atoms with E-state index < -0.39 is 12.6 Å². The van der Waals surface area contributed by atoms with Crippen LogP contribution in [0.3, 0.4) is 0 Å². The van der Waals surface area contributed by atoms with E-state index in [-0.39, 0.29) is 19.5 Å². The van der Waals surface area contributed by atoms with Crippen molar-refractivity contribution in [1.82, 2.24) is 4.90 Å². The van der Waals surface area contributed by atoms with Crippen LogP contribution >= 0.6 is 19.3 Å². The number of fused-ring (bicyclic) bond motifs is 1. The molecule has 0 saturated carbocycles. The van der Waals surface area contributed by atoms with Crippen molar-refractivity contribution in [3.8, 4) is 17.6 Å². The summed E-state index contributed by atoms with van der Waals surface area (Å²) in [6, 6.07) is 11.9. The minimum Gasteiger partial charge on any atom is -0.495 e. The third-order valence-corrected chi connectivity index (χ3v) is 9.42. The van der Waals surface area contributed by atoms with Crippen LogP contribution in [0.2, 0.25) is 0 Å². The number of rotatable bonds is 7. The average molecular weight is 562 g/mol. The molecular weight excluding hydrogens is 526 g/mol. The topological polar surface area (TPSA) is 36.5 Å². The van der Waals surface area contributed by atoms with Gasteiger partial charge in [-0.15, -0.1) is 11.3 Å². The van der Waals surface area contributed by atoms with E-state index in [2.05, 4.69) is 60.7 Å². The zero-order valence-corrected chi connectivity index (χ0v) is 24.2. The van der Waals surface area contributed by atoms with Crippen LogP contribution in [0.1, 0.15) is 23.8 Å². The Balaban J connectivity index is 1.60. The predicted octanol–water partition coefficient (Wildman–Crippen LogP) is 6.60. The van der Waals surface area contributed by atoms with Crippen molar-refractivity contribution in [1.29, 1.82) is 0 Å². The van der Waals surface area contributed by atoms with Gasteiger partial charge >= 0.3 is 6.18 Å². The molecule has 4 nitrogen and oxygen atoms in total. The van der Waals surface area contributed by atoms with Crippen molar-refractivity contribution < 1.29 is 17.9 Å². The highest BCUT2D eigenvalue weighted by molar-refractivity contribution is 7.64. The van der Waals surface area contributed by atoms with Gasteiger partial charge in [0.1, 0.15) is 5.75 Å². The van der Waals surface area contributed by atoms with E-state index in [4.69, 9.17) is 4.74 Å². The zero-order valence-electron chi connectivity index (χ0n) is 22.5. The molecular formula is C29H35F3N3OPS. The maximum absolute atomic E-state index is 13.6. The van der Waals surface area contributed by atoms with Gasteiger partial charge in [-0.3, -0.25) is 0 Å². The summed E-state index contributed by atoms with van der Waals surface area (Å²) in [5.41, 5.74) is 1.96. The quantitative estimate of drug-likeness (QED) is 0.252. The lowest BCUT2D eigenvalue weighted by Crippen LogP contribution is -2.43. The molecule has 1 aromatic heterocycles. The third kappa shape index (κ3) is 6.94. The number of hydrogen-bond acceptors (Lipinski definition) is 5. The molecule has 1 aliphatic heterocycles. The predicted molar refractivity (Wildman–Crippen MR) is 157 cm³/mol. The molecule has 2 N–H and O–H groups in total. The molecule has 4 rings (SSSR count). The van der Waals surface area contributed by atoms with Crippen LogP contribution in [0.5, 0.6) is 5.75 Å². The highest BCUT2D eigenvalue weighted by atomic mass is 32.1. The van der Waals surface area contributed by atoms with Crippen molar-refractivity contribution in [2.75, 3.05) is 57.8 Å². The molecule has 0 spiro atoms. The van der Waals surface area contributed by atoms with Crippen LogP contribution in [-0.2, 0) is 6.42 Å². The van der Waals surface area contributed by atoms with Crippen LogP contribution in [0, 0.1) is 17.8 Å². The minimum absolute atomic E-state index is 0.249. The SMILES string of the molecule is COc1cc(P(C)C)ccc1NCC#Cc1sc2c(N[C@@H]3CCN(C)C[C@@H]3C)cccc2c1CC(F)(F)F. The molecule has 2 atom stereocenters. The lowest BCUT2D eigenvalue weighted by molar-refractivity contribution is -0.126. The Morgan fingerprint density at radius 3 is 2.66 bits per heavy atom. The highest BCUT2D eigenvalue weighted by Crippen LogP contribution is 2.39. The van der Waals surface area contributed by atoms with Gasteiger partial charge < -0.3 is 20.3 Å². The molecule has 0 amide bonds. The number of likely N-dealkylation sites (tertiary alicyclic amines) is 1. The Hall–Kier alpha value is -2.46. The molecule has 0 bridgehead atoms. The lowest BCUT2D eigenvalue weighted by atomic mass is 9.94. The molecule has 3 aromatic rings. The van der Waals surface area contributed by atoms with E-state index in [1.54, 1.807) is 13.2 Å². The smallest absolute Gasteiger partial charge is 0.393 e. The van der Waals surface area contributed by atoms with E-state index in [0.29, 0.717) is 22.7 Å². The van der Waals surface area contributed by atoms with Gasteiger partial charge in [-0.2, -0.15) is 13.2 Å². The van der Waals surface area contributed by atoms with E-state index in [1.165, 1.54) is 16.6 Å². The molecule has 9 heteroatoms. The molecule has 1 saturated heterocycles. The molecule has 0 unspecified atom stereocenters. The Morgan fingerprint density at radius 1 is 1.18 bits per heavy atom. The number of nitrogens with zero attached hydrogens (tertiary/aromatic N) is 1. The van der Waals surface area contributed by atoms with Gasteiger partial charge in [-0.25, -0.2) is 0 Å². The summed E-state index contributed by atoms with van der Waals surface area (Å²) in [7, 11) is 3.50. The van der Waals surface area contributed by atoms with E-state index in [9.17, 15) is 13.2 Å². The Labute approximate surface area is 228 Å². The van der Waals surface area contributed by atoms with Crippen LogP contribution in [0.15, 0.2) is 36.4 Å².